The molecule has 0 aliphatic carbocycles. The highest BCUT2D eigenvalue weighted by atomic mass is 35.5. The molecule has 0 radical (unpaired) electrons. The van der Waals surface area contributed by atoms with Crippen LogP contribution >= 0.6 is 23.2 Å². The Morgan fingerprint density at radius 1 is 1.82 bits per heavy atom. The van der Waals surface area contributed by atoms with Gasteiger partial charge in [0.2, 0.25) is 5.91 Å². The fourth-order valence-corrected chi connectivity index (χ4v) is 1.61. The molecular weight excluding hydrogens is 185 g/mol. The first-order valence-electron chi connectivity index (χ1n) is 3.39. The largest absolute Gasteiger partial charge is 0.352 e. The maximum atomic E-state index is 11.0. The number of carbonyl (C=O) groups excluding carboxylic acids is 1. The average molecular weight is 194 g/mol. The maximum absolute atomic E-state index is 11.0. The van der Waals surface area contributed by atoms with Crippen LogP contribution in [0.15, 0.2) is 11.1 Å². The van der Waals surface area contributed by atoms with Crippen LogP contribution in [0.4, 0.5) is 0 Å². The smallest absolute Gasteiger partial charge is 0.248 e. The van der Waals surface area contributed by atoms with Crippen LogP contribution in [0.1, 0.15) is 6.92 Å². The SMILES string of the molecule is CC(Cl)C1CNC(=O)/C1=C/Cl. The Balaban J connectivity index is 2.78. The second kappa shape index (κ2) is 3.46. The number of hydrogen-bond donors (Lipinski definition) is 1. The van der Waals surface area contributed by atoms with Crippen molar-refractivity contribution in [2.24, 2.45) is 5.92 Å². The topological polar surface area (TPSA) is 29.1 Å². The summed E-state index contributed by atoms with van der Waals surface area (Å²) in [5.41, 5.74) is 1.90. The minimum Gasteiger partial charge on any atom is -0.352 e. The number of amides is 1. The molecule has 2 atom stereocenters. The molecule has 4 heteroatoms. The van der Waals surface area contributed by atoms with Gasteiger partial charge < -0.3 is 5.32 Å². The summed E-state index contributed by atoms with van der Waals surface area (Å²) in [6.07, 6.45) is 0. The van der Waals surface area contributed by atoms with E-state index in [0.717, 1.165) is 0 Å². The van der Waals surface area contributed by atoms with Crippen LogP contribution < -0.4 is 5.32 Å². The molecule has 1 amide bonds. The molecule has 0 spiro atoms. The first kappa shape index (κ1) is 8.88. The van der Waals surface area contributed by atoms with Crippen molar-refractivity contribution >= 4 is 29.1 Å². The van der Waals surface area contributed by atoms with E-state index in [-0.39, 0.29) is 17.2 Å². The Morgan fingerprint density at radius 3 is 2.82 bits per heavy atom. The van der Waals surface area contributed by atoms with E-state index in [4.69, 9.17) is 23.2 Å². The number of rotatable bonds is 1. The molecule has 0 aromatic heterocycles. The number of carbonyl (C=O) groups is 1. The van der Waals surface area contributed by atoms with Crippen LogP contribution in [0.25, 0.3) is 0 Å². The summed E-state index contributed by atoms with van der Waals surface area (Å²) in [6.45, 7) is 2.45. The van der Waals surface area contributed by atoms with Crippen LogP contribution in [0.3, 0.4) is 0 Å². The second-order valence-electron chi connectivity index (χ2n) is 2.56. The molecule has 62 valence electrons. The lowest BCUT2D eigenvalue weighted by molar-refractivity contribution is -0.116. The number of hydrogen-bond acceptors (Lipinski definition) is 1. The van der Waals surface area contributed by atoms with Crippen molar-refractivity contribution in [2.45, 2.75) is 12.3 Å². The predicted octanol–water partition coefficient (Wildman–Crippen LogP) is 1.48. The third kappa shape index (κ3) is 1.68. The molecule has 1 rings (SSSR count). The van der Waals surface area contributed by atoms with Crippen LogP contribution in [0.5, 0.6) is 0 Å². The molecule has 1 N–H and O–H groups in total. The van der Waals surface area contributed by atoms with Gasteiger partial charge in [-0.2, -0.15) is 0 Å². The van der Waals surface area contributed by atoms with Gasteiger partial charge in [-0.25, -0.2) is 0 Å². The van der Waals surface area contributed by atoms with E-state index in [1.807, 2.05) is 6.92 Å². The first-order valence-corrected chi connectivity index (χ1v) is 4.26. The highest BCUT2D eigenvalue weighted by Gasteiger charge is 2.30. The molecule has 0 aromatic carbocycles. The third-order valence-electron chi connectivity index (χ3n) is 1.82. The predicted molar refractivity (Wildman–Crippen MR) is 45.8 cm³/mol. The first-order chi connectivity index (χ1) is 5.16. The van der Waals surface area contributed by atoms with E-state index >= 15 is 0 Å². The van der Waals surface area contributed by atoms with Gasteiger partial charge in [0, 0.05) is 28.9 Å². The van der Waals surface area contributed by atoms with E-state index in [2.05, 4.69) is 5.32 Å². The van der Waals surface area contributed by atoms with Gasteiger partial charge in [0.25, 0.3) is 0 Å². The van der Waals surface area contributed by atoms with Crippen LogP contribution in [0, 0.1) is 5.92 Å². The summed E-state index contributed by atoms with van der Waals surface area (Å²) >= 11 is 11.3. The van der Waals surface area contributed by atoms with Crippen LogP contribution in [0.2, 0.25) is 0 Å². The Labute approximate surface area is 75.6 Å². The summed E-state index contributed by atoms with van der Waals surface area (Å²) in [6, 6.07) is 0. The molecule has 1 fully saturated rings. The maximum Gasteiger partial charge on any atom is 0.248 e. The van der Waals surface area contributed by atoms with Gasteiger partial charge in [0.15, 0.2) is 0 Å². The van der Waals surface area contributed by atoms with Gasteiger partial charge in [-0.15, -0.1) is 11.6 Å². The number of halogens is 2. The molecule has 11 heavy (non-hydrogen) atoms. The summed E-state index contributed by atoms with van der Waals surface area (Å²) in [7, 11) is 0. The summed E-state index contributed by atoms with van der Waals surface area (Å²) in [5, 5.41) is 2.62. The highest BCUT2D eigenvalue weighted by molar-refractivity contribution is 6.28. The molecule has 0 aromatic rings. The Morgan fingerprint density at radius 2 is 2.45 bits per heavy atom. The van der Waals surface area contributed by atoms with Crippen molar-refractivity contribution in [1.82, 2.24) is 5.32 Å². The van der Waals surface area contributed by atoms with Gasteiger partial charge in [-0.05, 0) is 6.92 Å². The van der Waals surface area contributed by atoms with Gasteiger partial charge in [0.05, 0.1) is 0 Å². The van der Waals surface area contributed by atoms with Crippen LogP contribution in [-0.2, 0) is 4.79 Å². The molecule has 2 unspecified atom stereocenters. The van der Waals surface area contributed by atoms with Crippen molar-refractivity contribution in [1.29, 1.82) is 0 Å². The van der Waals surface area contributed by atoms with Crippen molar-refractivity contribution in [3.05, 3.63) is 11.1 Å². The quantitative estimate of drug-likeness (QED) is 0.497. The van der Waals surface area contributed by atoms with Crippen molar-refractivity contribution in [3.63, 3.8) is 0 Å². The zero-order chi connectivity index (χ0) is 8.43. The molecule has 1 heterocycles. The van der Waals surface area contributed by atoms with Gasteiger partial charge in [0.1, 0.15) is 0 Å². The van der Waals surface area contributed by atoms with E-state index in [0.29, 0.717) is 12.1 Å². The Kier molecular flexibility index (Phi) is 2.79. The molecular formula is C7H9Cl2NO. The summed E-state index contributed by atoms with van der Waals surface area (Å²) in [5.74, 6) is -0.0424. The Bertz CT molecular complexity index is 201. The molecule has 2 nitrogen and oxygen atoms in total. The molecule has 0 saturated carbocycles. The summed E-state index contributed by atoms with van der Waals surface area (Å²) < 4.78 is 0. The Hall–Kier alpha value is -0.210. The van der Waals surface area contributed by atoms with Gasteiger partial charge in [-0.1, -0.05) is 11.6 Å². The van der Waals surface area contributed by atoms with Crippen LogP contribution in [-0.4, -0.2) is 17.8 Å². The van der Waals surface area contributed by atoms with E-state index in [1.54, 1.807) is 0 Å². The van der Waals surface area contributed by atoms with E-state index < -0.39 is 0 Å². The lowest BCUT2D eigenvalue weighted by Gasteiger charge is -2.09. The number of alkyl halides is 1. The van der Waals surface area contributed by atoms with Crippen molar-refractivity contribution in [2.75, 3.05) is 6.54 Å². The second-order valence-corrected chi connectivity index (χ2v) is 3.47. The van der Waals surface area contributed by atoms with Gasteiger partial charge >= 0.3 is 0 Å². The molecule has 1 aliphatic rings. The molecule has 1 saturated heterocycles. The average Bonchev–Trinajstić information content (AvgIpc) is 2.30. The normalized spacial score (nSPS) is 30.6. The van der Waals surface area contributed by atoms with Gasteiger partial charge in [-0.3, -0.25) is 4.79 Å². The standard InChI is InChI=1S/C7H9Cl2NO/c1-4(9)6-3-10-7(11)5(6)2-8/h2,4,6H,3H2,1H3,(H,10,11)/b5-2+. The fraction of sp³-hybridized carbons (Fsp3) is 0.571. The van der Waals surface area contributed by atoms with E-state index in [1.165, 1.54) is 5.54 Å². The lowest BCUT2D eigenvalue weighted by Crippen LogP contribution is -2.16. The minimum absolute atomic E-state index is 0.0565. The zero-order valence-electron chi connectivity index (χ0n) is 6.10. The molecule has 0 bridgehead atoms. The van der Waals surface area contributed by atoms with Crippen molar-refractivity contribution in [3.8, 4) is 0 Å². The zero-order valence-corrected chi connectivity index (χ0v) is 7.62. The lowest BCUT2D eigenvalue weighted by atomic mass is 10.0. The van der Waals surface area contributed by atoms with E-state index in [9.17, 15) is 4.79 Å². The molecule has 1 aliphatic heterocycles. The monoisotopic (exact) mass is 193 g/mol. The third-order valence-corrected chi connectivity index (χ3v) is 2.36. The summed E-state index contributed by atoms with van der Waals surface area (Å²) in [4.78, 5) is 11.0. The minimum atomic E-state index is -0.0995. The number of nitrogens with one attached hydrogen (secondary N) is 1. The highest BCUT2D eigenvalue weighted by Crippen LogP contribution is 2.24. The fourth-order valence-electron chi connectivity index (χ4n) is 1.12. The van der Waals surface area contributed by atoms with Crippen molar-refractivity contribution < 1.29 is 4.79 Å².